The van der Waals surface area contributed by atoms with Crippen LogP contribution in [0.3, 0.4) is 0 Å². The van der Waals surface area contributed by atoms with E-state index in [1.54, 1.807) is 62.2 Å². The summed E-state index contributed by atoms with van der Waals surface area (Å²) in [5.74, 6) is -2.21. The average molecular weight is 567 g/mol. The molecule has 0 saturated heterocycles. The molecule has 0 aliphatic carbocycles. The van der Waals surface area contributed by atoms with Crippen molar-refractivity contribution in [2.45, 2.75) is 32.2 Å². The number of alkyl halides is 3. The van der Waals surface area contributed by atoms with Gasteiger partial charge in [-0.05, 0) is 53.9 Å². The molecule has 2 atom stereocenters. The van der Waals surface area contributed by atoms with Gasteiger partial charge in [-0.15, -0.1) is 0 Å². The topological polar surface area (TPSA) is 78.2 Å². The van der Waals surface area contributed by atoms with Crippen LogP contribution >= 0.6 is 23.2 Å². The molecule has 0 aliphatic rings. The SMILES string of the molecule is CC(C)[C@H](NC(=O)C(F)(F)F)[C@H](Oc1ccc2c(cnn2-c2ccc(=O)n(C)c2)c1)c1cc(Cl)cc(Cl)c1. The molecule has 0 bridgehead atoms. The molecule has 2 aromatic carbocycles. The molecule has 2 heterocycles. The predicted molar refractivity (Wildman–Crippen MR) is 139 cm³/mol. The number of ether oxygens (including phenoxy) is 1. The van der Waals surface area contributed by atoms with Crippen molar-refractivity contribution in [1.82, 2.24) is 19.7 Å². The third-order valence-corrected chi connectivity index (χ3v) is 6.37. The lowest BCUT2D eigenvalue weighted by Gasteiger charge is -2.32. The molecule has 7 nitrogen and oxygen atoms in total. The van der Waals surface area contributed by atoms with E-state index in [1.807, 2.05) is 0 Å². The minimum Gasteiger partial charge on any atom is -0.484 e. The summed E-state index contributed by atoms with van der Waals surface area (Å²) in [5.41, 5.74) is 1.61. The molecule has 0 unspecified atom stereocenters. The molecule has 1 amide bonds. The van der Waals surface area contributed by atoms with Gasteiger partial charge < -0.3 is 14.6 Å². The number of benzene rings is 2. The molecule has 0 fully saturated rings. The fraction of sp³-hybridized carbons (Fsp3) is 0.269. The first-order chi connectivity index (χ1) is 17.8. The number of amides is 1. The molecule has 0 spiro atoms. The molecule has 4 aromatic rings. The molecule has 0 saturated carbocycles. The monoisotopic (exact) mass is 566 g/mol. The Labute approximate surface area is 225 Å². The first-order valence-corrected chi connectivity index (χ1v) is 12.2. The summed E-state index contributed by atoms with van der Waals surface area (Å²) in [6, 6.07) is 11.6. The maximum Gasteiger partial charge on any atom is 0.471 e. The summed E-state index contributed by atoms with van der Waals surface area (Å²) in [6.07, 6.45) is -2.88. The van der Waals surface area contributed by atoms with Gasteiger partial charge in [0.2, 0.25) is 5.56 Å². The van der Waals surface area contributed by atoms with Gasteiger partial charge in [0.05, 0.1) is 23.4 Å². The van der Waals surface area contributed by atoms with E-state index in [2.05, 4.69) is 10.4 Å². The van der Waals surface area contributed by atoms with Crippen molar-refractivity contribution in [1.29, 1.82) is 0 Å². The zero-order valence-corrected chi connectivity index (χ0v) is 22.0. The van der Waals surface area contributed by atoms with Crippen molar-refractivity contribution in [3.8, 4) is 11.4 Å². The van der Waals surface area contributed by atoms with Crippen LogP contribution in [0.1, 0.15) is 25.5 Å². The lowest BCUT2D eigenvalue weighted by molar-refractivity contribution is -0.175. The van der Waals surface area contributed by atoms with Crippen LogP contribution in [0.2, 0.25) is 10.0 Å². The van der Waals surface area contributed by atoms with Crippen LogP contribution in [-0.2, 0) is 11.8 Å². The lowest BCUT2D eigenvalue weighted by Crippen LogP contribution is -2.49. The Hall–Kier alpha value is -3.50. The molecule has 38 heavy (non-hydrogen) atoms. The van der Waals surface area contributed by atoms with Crippen LogP contribution in [0.5, 0.6) is 5.75 Å². The summed E-state index contributed by atoms with van der Waals surface area (Å²) in [7, 11) is 1.63. The number of carbonyl (C=O) groups is 1. The fourth-order valence-corrected chi connectivity index (χ4v) is 4.60. The number of fused-ring (bicyclic) bond motifs is 1. The Kier molecular flexibility index (Phi) is 7.75. The number of aromatic nitrogens is 3. The molecule has 4 rings (SSSR count). The summed E-state index contributed by atoms with van der Waals surface area (Å²) in [5, 5.41) is 7.67. The van der Waals surface area contributed by atoms with Crippen LogP contribution in [-0.4, -0.2) is 32.5 Å². The van der Waals surface area contributed by atoms with Crippen molar-refractivity contribution in [2.75, 3.05) is 0 Å². The normalized spacial score (nSPS) is 13.5. The van der Waals surface area contributed by atoms with E-state index in [0.29, 0.717) is 27.9 Å². The Morgan fingerprint density at radius 3 is 2.34 bits per heavy atom. The highest BCUT2D eigenvalue weighted by atomic mass is 35.5. The number of aryl methyl sites for hydroxylation is 1. The van der Waals surface area contributed by atoms with E-state index >= 15 is 0 Å². The molecule has 0 radical (unpaired) electrons. The van der Waals surface area contributed by atoms with Gasteiger partial charge >= 0.3 is 12.1 Å². The lowest BCUT2D eigenvalue weighted by atomic mass is 9.93. The van der Waals surface area contributed by atoms with Crippen LogP contribution in [0.4, 0.5) is 13.2 Å². The number of hydrogen-bond acceptors (Lipinski definition) is 4. The number of nitrogens with one attached hydrogen (secondary N) is 1. The summed E-state index contributed by atoms with van der Waals surface area (Å²) in [4.78, 5) is 23.6. The zero-order chi connectivity index (χ0) is 27.8. The second-order valence-corrected chi connectivity index (χ2v) is 9.97. The number of nitrogens with zero attached hydrogens (tertiary/aromatic N) is 3. The smallest absolute Gasteiger partial charge is 0.471 e. The van der Waals surface area contributed by atoms with Crippen LogP contribution in [0.15, 0.2) is 65.7 Å². The second-order valence-electron chi connectivity index (χ2n) is 9.10. The predicted octanol–water partition coefficient (Wildman–Crippen LogP) is 5.85. The van der Waals surface area contributed by atoms with Gasteiger partial charge in [0.1, 0.15) is 11.9 Å². The average Bonchev–Trinajstić information content (AvgIpc) is 3.24. The van der Waals surface area contributed by atoms with Gasteiger partial charge in [0.25, 0.3) is 0 Å². The standard InChI is InChI=1S/C26H23Cl2F3N4O3/c1-14(2)23(33-25(37)26(29,30)31)24(15-8-17(27)11-18(28)9-15)38-20-5-6-21-16(10-20)12-32-35(21)19-4-7-22(36)34(3)13-19/h4-14,23-24H,1-3H3,(H,33,37)/t23-,24+/m0/s1. The van der Waals surface area contributed by atoms with E-state index in [1.165, 1.54) is 28.8 Å². The van der Waals surface area contributed by atoms with Gasteiger partial charge in [-0.2, -0.15) is 18.3 Å². The van der Waals surface area contributed by atoms with Gasteiger partial charge in [0, 0.05) is 34.7 Å². The zero-order valence-electron chi connectivity index (χ0n) is 20.5. The molecule has 200 valence electrons. The van der Waals surface area contributed by atoms with Crippen molar-refractivity contribution in [3.63, 3.8) is 0 Å². The highest BCUT2D eigenvalue weighted by Gasteiger charge is 2.42. The highest BCUT2D eigenvalue weighted by molar-refractivity contribution is 6.34. The summed E-state index contributed by atoms with van der Waals surface area (Å²) < 4.78 is 48.7. The Morgan fingerprint density at radius 2 is 1.74 bits per heavy atom. The van der Waals surface area contributed by atoms with Gasteiger partial charge in [-0.3, -0.25) is 9.59 Å². The van der Waals surface area contributed by atoms with E-state index in [-0.39, 0.29) is 15.6 Å². The Balaban J connectivity index is 1.74. The third-order valence-electron chi connectivity index (χ3n) is 5.93. The minimum absolute atomic E-state index is 0.162. The number of rotatable bonds is 7. The maximum atomic E-state index is 13.1. The van der Waals surface area contributed by atoms with E-state index in [0.717, 1.165) is 0 Å². The summed E-state index contributed by atoms with van der Waals surface area (Å²) in [6.45, 7) is 3.34. The second kappa shape index (κ2) is 10.7. The minimum atomic E-state index is -5.07. The quantitative estimate of drug-likeness (QED) is 0.304. The van der Waals surface area contributed by atoms with Crippen molar-refractivity contribution < 1.29 is 22.7 Å². The number of carbonyl (C=O) groups excluding carboxylic acids is 1. The van der Waals surface area contributed by atoms with Crippen LogP contribution < -0.4 is 15.6 Å². The van der Waals surface area contributed by atoms with Gasteiger partial charge in [-0.1, -0.05) is 37.0 Å². The molecule has 12 heteroatoms. The number of hydrogen-bond donors (Lipinski definition) is 1. The molecule has 2 aromatic heterocycles. The van der Waals surface area contributed by atoms with E-state index < -0.39 is 30.1 Å². The van der Waals surface area contributed by atoms with Crippen LogP contribution in [0, 0.1) is 5.92 Å². The van der Waals surface area contributed by atoms with Gasteiger partial charge in [0.15, 0.2) is 0 Å². The van der Waals surface area contributed by atoms with Crippen molar-refractivity contribution >= 4 is 40.0 Å². The summed E-state index contributed by atoms with van der Waals surface area (Å²) >= 11 is 12.4. The van der Waals surface area contributed by atoms with Crippen molar-refractivity contribution in [3.05, 3.63) is 86.9 Å². The van der Waals surface area contributed by atoms with Crippen molar-refractivity contribution in [2.24, 2.45) is 13.0 Å². The first-order valence-electron chi connectivity index (χ1n) is 11.5. The highest BCUT2D eigenvalue weighted by Crippen LogP contribution is 2.34. The molecule has 0 aliphatic heterocycles. The van der Waals surface area contributed by atoms with E-state index in [9.17, 15) is 22.8 Å². The Morgan fingerprint density at radius 1 is 1.05 bits per heavy atom. The molecule has 1 N–H and O–H groups in total. The maximum absolute atomic E-state index is 13.1. The molecular weight excluding hydrogens is 544 g/mol. The van der Waals surface area contributed by atoms with Crippen LogP contribution in [0.25, 0.3) is 16.6 Å². The van der Waals surface area contributed by atoms with E-state index in [4.69, 9.17) is 27.9 Å². The van der Waals surface area contributed by atoms with Gasteiger partial charge in [-0.25, -0.2) is 4.68 Å². The fourth-order valence-electron chi connectivity index (χ4n) is 4.05. The third kappa shape index (κ3) is 5.97. The largest absolute Gasteiger partial charge is 0.484 e. The Bertz CT molecular complexity index is 1530. The number of halogens is 5. The number of pyridine rings is 1. The first kappa shape index (κ1) is 27.5. The molecular formula is C26H23Cl2F3N4O3.